The molecule has 7 heteroatoms. The number of aromatic nitrogens is 1. The Morgan fingerprint density at radius 2 is 2.09 bits per heavy atom. The van der Waals surface area contributed by atoms with Gasteiger partial charge in [-0.2, -0.15) is 13.2 Å². The van der Waals surface area contributed by atoms with Gasteiger partial charge in [-0.3, -0.25) is 4.79 Å². The molecule has 4 nitrogen and oxygen atoms in total. The predicted molar refractivity (Wildman–Crippen MR) is 71.2 cm³/mol. The Bertz CT molecular complexity index is 724. The summed E-state index contributed by atoms with van der Waals surface area (Å²) in [5.41, 5.74) is -1.46. The van der Waals surface area contributed by atoms with Crippen molar-refractivity contribution in [3.05, 3.63) is 53.2 Å². The number of carbonyl (C=O) groups is 1. The molecular weight excluding hydrogens is 297 g/mol. The number of nitrogens with zero attached hydrogens (tertiary/aromatic N) is 1. The third-order valence-electron chi connectivity index (χ3n) is 4.01. The Balaban J connectivity index is 2.03. The molecule has 0 radical (unpaired) electrons. The molecule has 3 rings (SSSR count). The fraction of sp³-hybridized carbons (Fsp3) is 0.333. The van der Waals surface area contributed by atoms with E-state index in [0.29, 0.717) is 5.56 Å². The van der Waals surface area contributed by atoms with Crippen molar-refractivity contribution in [3.63, 3.8) is 0 Å². The van der Waals surface area contributed by atoms with Crippen LogP contribution in [0.3, 0.4) is 0 Å². The summed E-state index contributed by atoms with van der Waals surface area (Å²) < 4.78 is 46.1. The highest BCUT2D eigenvalue weighted by atomic mass is 19.4. The third kappa shape index (κ3) is 2.08. The Morgan fingerprint density at radius 1 is 1.36 bits per heavy atom. The quantitative estimate of drug-likeness (QED) is 0.927. The minimum absolute atomic E-state index is 0.0908. The first-order valence-corrected chi connectivity index (χ1v) is 6.73. The number of hydrogen-bond acceptors (Lipinski definition) is 3. The van der Waals surface area contributed by atoms with Crippen LogP contribution in [0.2, 0.25) is 0 Å². The lowest BCUT2D eigenvalue weighted by molar-refractivity contribution is -0.197. The third-order valence-corrected chi connectivity index (χ3v) is 4.01. The van der Waals surface area contributed by atoms with Crippen molar-refractivity contribution >= 4 is 5.91 Å². The van der Waals surface area contributed by atoms with Gasteiger partial charge in [-0.15, -0.1) is 0 Å². The lowest BCUT2D eigenvalue weighted by Gasteiger charge is -2.33. The van der Waals surface area contributed by atoms with E-state index in [1.165, 1.54) is 19.1 Å². The first kappa shape index (κ1) is 14.6. The van der Waals surface area contributed by atoms with Gasteiger partial charge >= 0.3 is 6.18 Å². The number of rotatable bonds is 2. The van der Waals surface area contributed by atoms with Gasteiger partial charge in [-0.1, -0.05) is 24.3 Å². The van der Waals surface area contributed by atoms with Crippen molar-refractivity contribution in [2.45, 2.75) is 31.5 Å². The molecular formula is C15H13F3N2O2. The largest absolute Gasteiger partial charge is 0.438 e. The summed E-state index contributed by atoms with van der Waals surface area (Å²) in [6.45, 7) is 1.50. The van der Waals surface area contributed by atoms with Gasteiger partial charge in [0, 0.05) is 0 Å². The van der Waals surface area contributed by atoms with E-state index in [1.54, 1.807) is 12.1 Å². The van der Waals surface area contributed by atoms with Crippen molar-refractivity contribution < 1.29 is 22.4 Å². The Kier molecular flexibility index (Phi) is 3.23. The number of amides is 1. The van der Waals surface area contributed by atoms with Crippen LogP contribution >= 0.6 is 0 Å². The first-order chi connectivity index (χ1) is 10.3. The average Bonchev–Trinajstić information content (AvgIpc) is 3.03. The lowest BCUT2D eigenvalue weighted by atomic mass is 9.90. The van der Waals surface area contributed by atoms with Crippen molar-refractivity contribution in [3.8, 4) is 0 Å². The van der Waals surface area contributed by atoms with E-state index in [-0.39, 0.29) is 29.9 Å². The van der Waals surface area contributed by atoms with E-state index in [1.807, 2.05) is 0 Å². The standard InChI is InChI=1S/C15H13F3N2O2/c1-9-12(22-8-19-9)13(21)20-14(15(16,17)18)7-6-10-4-2-3-5-11(10)14/h2-5,8H,6-7H2,1H3,(H,20,21). The van der Waals surface area contributed by atoms with Crippen LogP contribution in [0.4, 0.5) is 13.2 Å². The summed E-state index contributed by atoms with van der Waals surface area (Å²) in [4.78, 5) is 15.9. The second-order valence-corrected chi connectivity index (χ2v) is 5.28. The fourth-order valence-electron chi connectivity index (χ4n) is 2.88. The summed E-state index contributed by atoms with van der Waals surface area (Å²) >= 11 is 0. The van der Waals surface area contributed by atoms with Crippen molar-refractivity contribution in [1.29, 1.82) is 0 Å². The number of fused-ring (bicyclic) bond motifs is 1. The molecule has 1 atom stereocenters. The van der Waals surface area contributed by atoms with Gasteiger partial charge in [-0.25, -0.2) is 4.98 Å². The number of alkyl halides is 3. The van der Waals surface area contributed by atoms with Gasteiger partial charge in [0.2, 0.25) is 5.76 Å². The first-order valence-electron chi connectivity index (χ1n) is 6.73. The van der Waals surface area contributed by atoms with E-state index < -0.39 is 17.6 Å². The van der Waals surface area contributed by atoms with Gasteiger partial charge < -0.3 is 9.73 Å². The monoisotopic (exact) mass is 310 g/mol. The Morgan fingerprint density at radius 3 is 2.73 bits per heavy atom. The second-order valence-electron chi connectivity index (χ2n) is 5.28. The molecule has 0 saturated carbocycles. The van der Waals surface area contributed by atoms with Crippen molar-refractivity contribution in [2.75, 3.05) is 0 Å². The highest BCUT2D eigenvalue weighted by Crippen LogP contribution is 2.48. The highest BCUT2D eigenvalue weighted by Gasteiger charge is 2.59. The number of hydrogen-bond donors (Lipinski definition) is 1. The summed E-state index contributed by atoms with van der Waals surface area (Å²) in [5.74, 6) is -1.11. The van der Waals surface area contributed by atoms with Crippen LogP contribution in [0.5, 0.6) is 0 Å². The number of benzene rings is 1. The van der Waals surface area contributed by atoms with Crippen LogP contribution in [0.1, 0.15) is 33.8 Å². The minimum atomic E-state index is -4.61. The highest BCUT2D eigenvalue weighted by molar-refractivity contribution is 5.93. The molecule has 1 amide bonds. The van der Waals surface area contributed by atoms with Gasteiger partial charge in [-0.05, 0) is 30.9 Å². The molecule has 1 aliphatic carbocycles. The van der Waals surface area contributed by atoms with Crippen molar-refractivity contribution in [1.82, 2.24) is 10.3 Å². The molecule has 2 aromatic rings. The second kappa shape index (κ2) is 4.86. The van der Waals surface area contributed by atoms with Crippen LogP contribution < -0.4 is 5.32 Å². The maximum Gasteiger partial charge on any atom is 0.415 e. The van der Waals surface area contributed by atoms with Gasteiger partial charge in [0.1, 0.15) is 0 Å². The SMILES string of the molecule is Cc1ncoc1C(=O)NC1(C(F)(F)F)CCc2ccccc21. The minimum Gasteiger partial charge on any atom is -0.438 e. The summed E-state index contributed by atoms with van der Waals surface area (Å²) in [5, 5.41) is 2.13. The molecule has 1 aromatic heterocycles. The molecule has 116 valence electrons. The molecule has 1 unspecified atom stereocenters. The van der Waals surface area contributed by atoms with E-state index in [4.69, 9.17) is 4.42 Å². The van der Waals surface area contributed by atoms with Crippen LogP contribution in [-0.2, 0) is 12.0 Å². The smallest absolute Gasteiger partial charge is 0.415 e. The van der Waals surface area contributed by atoms with E-state index in [2.05, 4.69) is 10.3 Å². The van der Waals surface area contributed by atoms with E-state index in [0.717, 1.165) is 6.39 Å². The summed E-state index contributed by atoms with van der Waals surface area (Å²) in [6, 6.07) is 6.28. The van der Waals surface area contributed by atoms with Gasteiger partial charge in [0.05, 0.1) is 5.69 Å². The normalized spacial score (nSPS) is 20.7. The van der Waals surface area contributed by atoms with Gasteiger partial charge in [0.25, 0.3) is 5.91 Å². The Labute approximate surface area is 124 Å². The zero-order chi connectivity index (χ0) is 16.0. The molecule has 1 heterocycles. The average molecular weight is 310 g/mol. The number of aryl methyl sites for hydroxylation is 2. The molecule has 1 aliphatic rings. The van der Waals surface area contributed by atoms with E-state index >= 15 is 0 Å². The summed E-state index contributed by atoms with van der Waals surface area (Å²) in [7, 11) is 0. The molecule has 0 spiro atoms. The Hall–Kier alpha value is -2.31. The molecule has 0 aliphatic heterocycles. The van der Waals surface area contributed by atoms with Crippen LogP contribution in [-0.4, -0.2) is 17.1 Å². The maximum atomic E-state index is 13.7. The fourth-order valence-corrected chi connectivity index (χ4v) is 2.88. The van der Waals surface area contributed by atoms with Crippen molar-refractivity contribution in [2.24, 2.45) is 0 Å². The maximum absolute atomic E-state index is 13.7. The lowest BCUT2D eigenvalue weighted by Crippen LogP contribution is -2.54. The molecule has 0 fully saturated rings. The van der Waals surface area contributed by atoms with E-state index in [9.17, 15) is 18.0 Å². The molecule has 22 heavy (non-hydrogen) atoms. The predicted octanol–water partition coefficient (Wildman–Crippen LogP) is 3.12. The number of carbonyl (C=O) groups excluding carboxylic acids is 1. The van der Waals surface area contributed by atoms with Gasteiger partial charge in [0.15, 0.2) is 11.9 Å². The number of halogens is 3. The molecule has 0 saturated heterocycles. The van der Waals surface area contributed by atoms with Crippen LogP contribution in [0.25, 0.3) is 0 Å². The van der Waals surface area contributed by atoms with Crippen LogP contribution in [0.15, 0.2) is 35.1 Å². The zero-order valence-corrected chi connectivity index (χ0v) is 11.7. The number of oxazole rings is 1. The summed E-state index contributed by atoms with van der Waals surface area (Å²) in [6.07, 6.45) is -3.55. The van der Waals surface area contributed by atoms with Crippen LogP contribution in [0, 0.1) is 6.92 Å². The molecule has 0 bridgehead atoms. The molecule has 1 aromatic carbocycles. The number of nitrogens with one attached hydrogen (secondary N) is 1. The molecule has 1 N–H and O–H groups in total. The topological polar surface area (TPSA) is 55.1 Å². The zero-order valence-electron chi connectivity index (χ0n) is 11.7.